The maximum absolute atomic E-state index is 12.5. The van der Waals surface area contributed by atoms with Gasteiger partial charge in [0, 0.05) is 13.1 Å². The van der Waals surface area contributed by atoms with Crippen LogP contribution in [0.25, 0.3) is 0 Å². The van der Waals surface area contributed by atoms with Gasteiger partial charge in [0.15, 0.2) is 0 Å². The highest BCUT2D eigenvalue weighted by Crippen LogP contribution is 2.30. The van der Waals surface area contributed by atoms with Crippen LogP contribution in [0.4, 0.5) is 8.78 Å². The van der Waals surface area contributed by atoms with E-state index < -0.39 is 18.4 Å². The molecular formula is C6H11F2NO. The summed E-state index contributed by atoms with van der Waals surface area (Å²) in [4.78, 5) is 1.80. The fourth-order valence-electron chi connectivity index (χ4n) is 1.10. The maximum Gasteiger partial charge on any atom is 0.275 e. The van der Waals surface area contributed by atoms with E-state index in [0.717, 1.165) is 0 Å². The van der Waals surface area contributed by atoms with Gasteiger partial charge in [-0.3, -0.25) is 0 Å². The maximum atomic E-state index is 12.5. The number of hydrogen-bond acceptors (Lipinski definition) is 2. The molecule has 0 radical (unpaired) electrons. The molecule has 1 aliphatic rings. The molecule has 10 heavy (non-hydrogen) atoms. The fraction of sp³-hybridized carbons (Fsp3) is 1.00. The minimum absolute atomic E-state index is 0.396. The van der Waals surface area contributed by atoms with Crippen molar-refractivity contribution < 1.29 is 13.9 Å². The summed E-state index contributed by atoms with van der Waals surface area (Å²) in [5.74, 6) is -3.51. The van der Waals surface area contributed by atoms with Crippen molar-refractivity contribution in [3.63, 3.8) is 0 Å². The first-order valence-corrected chi connectivity index (χ1v) is 3.23. The first kappa shape index (κ1) is 7.88. The van der Waals surface area contributed by atoms with Gasteiger partial charge >= 0.3 is 0 Å². The van der Waals surface area contributed by atoms with Crippen molar-refractivity contribution in [2.24, 2.45) is 5.92 Å². The molecule has 1 N–H and O–H groups in total. The molecule has 1 saturated heterocycles. The predicted octanol–water partition coefficient (Wildman–Crippen LogP) is 0.176. The molecule has 0 aromatic heterocycles. The highest BCUT2D eigenvalue weighted by atomic mass is 19.3. The Morgan fingerprint density at radius 2 is 2.10 bits per heavy atom. The van der Waals surface area contributed by atoms with Crippen molar-refractivity contribution in [3.05, 3.63) is 0 Å². The van der Waals surface area contributed by atoms with E-state index in [1.807, 2.05) is 0 Å². The van der Waals surface area contributed by atoms with Crippen LogP contribution < -0.4 is 0 Å². The lowest BCUT2D eigenvalue weighted by Gasteiger charge is -2.40. The third-order valence-electron chi connectivity index (χ3n) is 1.87. The summed E-state index contributed by atoms with van der Waals surface area (Å²) in [6.07, 6.45) is 0. The number of halogens is 2. The van der Waals surface area contributed by atoms with Gasteiger partial charge < -0.3 is 10.0 Å². The third-order valence-corrected chi connectivity index (χ3v) is 1.87. The van der Waals surface area contributed by atoms with Crippen LogP contribution in [0.1, 0.15) is 0 Å². The zero-order valence-electron chi connectivity index (χ0n) is 5.85. The van der Waals surface area contributed by atoms with E-state index in [1.54, 1.807) is 11.9 Å². The Kier molecular flexibility index (Phi) is 1.92. The topological polar surface area (TPSA) is 23.5 Å². The number of aliphatic hydroxyl groups excluding tert-OH is 1. The number of likely N-dealkylation sites (tertiary alicyclic amines) is 1. The lowest BCUT2D eigenvalue weighted by atomic mass is 9.94. The molecule has 0 bridgehead atoms. The van der Waals surface area contributed by atoms with Crippen molar-refractivity contribution in [3.8, 4) is 0 Å². The second-order valence-corrected chi connectivity index (χ2v) is 2.84. The number of nitrogens with zero attached hydrogens (tertiary/aromatic N) is 1. The van der Waals surface area contributed by atoms with Crippen molar-refractivity contribution in [1.29, 1.82) is 0 Å². The molecule has 0 amide bonds. The third kappa shape index (κ3) is 1.27. The normalized spacial score (nSPS) is 22.8. The summed E-state index contributed by atoms with van der Waals surface area (Å²) in [7, 11) is 1.78. The zero-order chi connectivity index (χ0) is 7.78. The van der Waals surface area contributed by atoms with Crippen LogP contribution >= 0.6 is 0 Å². The Balaban J connectivity index is 2.36. The molecule has 0 aromatic carbocycles. The molecule has 0 saturated carbocycles. The average Bonchev–Trinajstić information content (AvgIpc) is 1.81. The molecule has 1 rings (SSSR count). The molecule has 0 aromatic rings. The number of hydrogen-bond donors (Lipinski definition) is 1. The molecule has 0 aliphatic carbocycles. The largest absolute Gasteiger partial charge is 0.390 e. The van der Waals surface area contributed by atoms with E-state index >= 15 is 0 Å². The first-order valence-electron chi connectivity index (χ1n) is 3.23. The minimum Gasteiger partial charge on any atom is -0.390 e. The van der Waals surface area contributed by atoms with E-state index in [2.05, 4.69) is 0 Å². The van der Waals surface area contributed by atoms with E-state index in [4.69, 9.17) is 5.11 Å². The second kappa shape index (κ2) is 2.43. The van der Waals surface area contributed by atoms with Crippen molar-refractivity contribution in [1.82, 2.24) is 4.90 Å². The molecule has 1 heterocycles. The zero-order valence-corrected chi connectivity index (χ0v) is 5.85. The Morgan fingerprint density at radius 1 is 1.60 bits per heavy atom. The van der Waals surface area contributed by atoms with Gasteiger partial charge in [0.25, 0.3) is 5.92 Å². The van der Waals surface area contributed by atoms with Gasteiger partial charge in [-0.05, 0) is 7.05 Å². The lowest BCUT2D eigenvalue weighted by Crippen LogP contribution is -2.53. The number of aliphatic hydroxyl groups is 1. The van der Waals surface area contributed by atoms with Gasteiger partial charge in [0.1, 0.15) is 6.61 Å². The molecule has 0 spiro atoms. The van der Waals surface area contributed by atoms with Crippen LogP contribution in [-0.4, -0.2) is 42.7 Å². The Labute approximate surface area is 58.4 Å². The summed E-state index contributed by atoms with van der Waals surface area (Å²) >= 11 is 0. The summed E-state index contributed by atoms with van der Waals surface area (Å²) < 4.78 is 25.0. The van der Waals surface area contributed by atoms with Crippen molar-refractivity contribution in [2.75, 3.05) is 26.7 Å². The molecule has 60 valence electrons. The average molecular weight is 151 g/mol. The molecular weight excluding hydrogens is 140 g/mol. The monoisotopic (exact) mass is 151 g/mol. The van der Waals surface area contributed by atoms with Crippen LogP contribution in [0.5, 0.6) is 0 Å². The summed E-state index contributed by atoms with van der Waals surface area (Å²) in [5, 5.41) is 8.25. The summed E-state index contributed by atoms with van der Waals surface area (Å²) in [5.41, 5.74) is 0. The van der Waals surface area contributed by atoms with Gasteiger partial charge in [-0.15, -0.1) is 0 Å². The number of alkyl halides is 2. The van der Waals surface area contributed by atoms with Gasteiger partial charge in [-0.2, -0.15) is 0 Å². The van der Waals surface area contributed by atoms with Crippen molar-refractivity contribution in [2.45, 2.75) is 5.92 Å². The lowest BCUT2D eigenvalue weighted by molar-refractivity contribution is -0.138. The molecule has 1 aliphatic heterocycles. The van der Waals surface area contributed by atoms with Gasteiger partial charge in [0.05, 0.1) is 5.92 Å². The molecule has 0 atom stereocenters. The van der Waals surface area contributed by atoms with Crippen LogP contribution in [0.15, 0.2) is 0 Å². The quantitative estimate of drug-likeness (QED) is 0.608. The van der Waals surface area contributed by atoms with Crippen LogP contribution in [-0.2, 0) is 0 Å². The Bertz CT molecular complexity index is 123. The predicted molar refractivity (Wildman–Crippen MR) is 33.0 cm³/mol. The van der Waals surface area contributed by atoms with E-state index in [9.17, 15) is 8.78 Å². The van der Waals surface area contributed by atoms with E-state index in [1.165, 1.54) is 0 Å². The Hall–Kier alpha value is -0.220. The molecule has 0 unspecified atom stereocenters. The molecule has 4 heteroatoms. The Morgan fingerprint density at radius 3 is 2.40 bits per heavy atom. The van der Waals surface area contributed by atoms with Gasteiger partial charge in [-0.1, -0.05) is 0 Å². The fourth-order valence-corrected chi connectivity index (χ4v) is 1.10. The van der Waals surface area contributed by atoms with E-state index in [0.29, 0.717) is 13.1 Å². The molecule has 2 nitrogen and oxygen atoms in total. The van der Waals surface area contributed by atoms with Crippen molar-refractivity contribution >= 4 is 0 Å². The SMILES string of the molecule is CN1CC(C(F)(F)CO)C1. The minimum atomic E-state index is -2.87. The van der Waals surface area contributed by atoms with Crippen LogP contribution in [0, 0.1) is 5.92 Å². The summed E-state index contributed by atoms with van der Waals surface area (Å²) in [6, 6.07) is 0. The summed E-state index contributed by atoms with van der Waals surface area (Å²) in [6.45, 7) is -0.230. The second-order valence-electron chi connectivity index (χ2n) is 2.84. The highest BCUT2D eigenvalue weighted by molar-refractivity contribution is 4.87. The van der Waals surface area contributed by atoms with Gasteiger partial charge in [0.2, 0.25) is 0 Å². The van der Waals surface area contributed by atoms with E-state index in [-0.39, 0.29) is 0 Å². The van der Waals surface area contributed by atoms with Crippen LogP contribution in [0.3, 0.4) is 0 Å². The van der Waals surface area contributed by atoms with Crippen LogP contribution in [0.2, 0.25) is 0 Å². The smallest absolute Gasteiger partial charge is 0.275 e. The number of rotatable bonds is 2. The van der Waals surface area contributed by atoms with Gasteiger partial charge in [-0.25, -0.2) is 8.78 Å². The first-order chi connectivity index (χ1) is 4.56. The standard InChI is InChI=1S/C6H11F2NO/c1-9-2-5(3-9)6(7,8)4-10/h5,10H,2-4H2,1H3. The molecule has 1 fully saturated rings. The highest BCUT2D eigenvalue weighted by Gasteiger charge is 2.44.